The molecule has 0 heterocycles. The summed E-state index contributed by atoms with van der Waals surface area (Å²) in [4.78, 5) is 11.9. The highest BCUT2D eigenvalue weighted by Crippen LogP contribution is 2.28. The average Bonchev–Trinajstić information content (AvgIpc) is 2.63. The first-order chi connectivity index (χ1) is 12.4. The van der Waals surface area contributed by atoms with Crippen LogP contribution in [0.4, 0.5) is 0 Å². The minimum absolute atomic E-state index is 0.179. The number of hydrogen-bond donors (Lipinski definition) is 0. The molecule has 0 aromatic heterocycles. The van der Waals surface area contributed by atoms with Gasteiger partial charge in [-0.1, -0.05) is 60.7 Å². The topological polar surface area (TPSA) is 60.4 Å². The second-order valence-corrected chi connectivity index (χ2v) is 7.85. The Hall–Kier alpha value is -2.66. The predicted molar refractivity (Wildman–Crippen MR) is 103 cm³/mol. The minimum atomic E-state index is -3.77. The molecule has 0 aliphatic rings. The van der Waals surface area contributed by atoms with E-state index in [1.807, 2.05) is 25.1 Å². The summed E-state index contributed by atoms with van der Waals surface area (Å²) in [7, 11) is -3.77. The smallest absolute Gasteiger partial charge is 0.330 e. The van der Waals surface area contributed by atoms with Gasteiger partial charge in [0.05, 0.1) is 11.5 Å². The number of hydrogen-bond acceptors (Lipinski definition) is 4. The Labute approximate surface area is 154 Å². The Morgan fingerprint density at radius 2 is 1.73 bits per heavy atom. The zero-order valence-corrected chi connectivity index (χ0v) is 15.7. The van der Waals surface area contributed by atoms with Crippen molar-refractivity contribution in [1.82, 2.24) is 0 Å². The molecular formula is C21H22O4S. The molecule has 0 radical (unpaired) electrons. The lowest BCUT2D eigenvalue weighted by atomic mass is 10.0. The summed E-state index contributed by atoms with van der Waals surface area (Å²) in [5.41, 5.74) is 2.05. The van der Waals surface area contributed by atoms with Gasteiger partial charge in [-0.3, -0.25) is 0 Å². The summed E-state index contributed by atoms with van der Waals surface area (Å²) in [6.07, 6.45) is 2.48. The molecule has 0 amide bonds. The number of carbonyl (C=O) groups is 1. The third-order valence-corrected chi connectivity index (χ3v) is 5.91. The molecule has 0 aliphatic heterocycles. The largest absolute Gasteiger partial charge is 0.463 e. The van der Waals surface area contributed by atoms with Crippen molar-refractivity contribution in [2.75, 3.05) is 6.61 Å². The van der Waals surface area contributed by atoms with Crippen molar-refractivity contribution in [3.8, 4) is 0 Å². The third kappa shape index (κ3) is 4.70. The van der Waals surface area contributed by atoms with Crippen molar-refractivity contribution in [1.29, 1.82) is 0 Å². The minimum Gasteiger partial charge on any atom is -0.463 e. The lowest BCUT2D eigenvalue weighted by Gasteiger charge is -2.17. The SMILES string of the molecule is C=C(c1ccccc1)C(/C=C/C(=O)OCC)S(=O)(=O)c1ccc(C)cc1. The summed E-state index contributed by atoms with van der Waals surface area (Å²) < 4.78 is 31.2. The van der Waals surface area contributed by atoms with Crippen LogP contribution in [-0.2, 0) is 19.4 Å². The molecule has 1 atom stereocenters. The Morgan fingerprint density at radius 3 is 2.31 bits per heavy atom. The zero-order chi connectivity index (χ0) is 19.2. The summed E-state index contributed by atoms with van der Waals surface area (Å²) in [5, 5.41) is -1.07. The van der Waals surface area contributed by atoms with Crippen LogP contribution in [0.5, 0.6) is 0 Å². The molecule has 0 spiro atoms. The maximum absolute atomic E-state index is 13.2. The molecule has 1 unspecified atom stereocenters. The van der Waals surface area contributed by atoms with Crippen molar-refractivity contribution < 1.29 is 17.9 Å². The first-order valence-corrected chi connectivity index (χ1v) is 9.80. The fourth-order valence-corrected chi connectivity index (χ4v) is 4.06. The van der Waals surface area contributed by atoms with Gasteiger partial charge in [-0.25, -0.2) is 13.2 Å². The molecule has 2 aromatic carbocycles. The molecular weight excluding hydrogens is 348 g/mol. The third-order valence-electron chi connectivity index (χ3n) is 3.87. The molecule has 4 nitrogen and oxygen atoms in total. The van der Waals surface area contributed by atoms with Gasteiger partial charge in [-0.15, -0.1) is 0 Å². The molecule has 0 saturated carbocycles. The van der Waals surface area contributed by atoms with Crippen LogP contribution in [0, 0.1) is 6.92 Å². The van der Waals surface area contributed by atoms with E-state index >= 15 is 0 Å². The first kappa shape index (κ1) is 19.7. The number of ether oxygens (including phenoxy) is 1. The van der Waals surface area contributed by atoms with Gasteiger partial charge in [0.1, 0.15) is 5.25 Å². The van der Waals surface area contributed by atoms with Gasteiger partial charge in [0.15, 0.2) is 9.84 Å². The van der Waals surface area contributed by atoms with E-state index in [0.717, 1.165) is 11.6 Å². The molecule has 5 heteroatoms. The highest BCUT2D eigenvalue weighted by molar-refractivity contribution is 7.92. The second-order valence-electron chi connectivity index (χ2n) is 5.78. The van der Waals surface area contributed by atoms with Crippen molar-refractivity contribution in [3.05, 3.63) is 84.5 Å². The molecule has 136 valence electrons. The molecule has 0 bridgehead atoms. The van der Waals surface area contributed by atoms with Gasteiger partial charge in [0.2, 0.25) is 0 Å². The number of benzene rings is 2. The average molecular weight is 370 g/mol. The molecule has 2 rings (SSSR count). The van der Waals surface area contributed by atoms with Crippen LogP contribution in [0.15, 0.2) is 78.2 Å². The van der Waals surface area contributed by atoms with Gasteiger partial charge >= 0.3 is 5.97 Å². The monoisotopic (exact) mass is 370 g/mol. The number of esters is 1. The summed E-state index contributed by atoms with van der Waals surface area (Å²) in [6.45, 7) is 7.77. The Morgan fingerprint density at radius 1 is 1.12 bits per heavy atom. The normalized spacial score (nSPS) is 12.7. The van der Waals surface area contributed by atoms with Gasteiger partial charge in [-0.05, 0) is 37.1 Å². The van der Waals surface area contributed by atoms with E-state index in [1.54, 1.807) is 43.3 Å². The van der Waals surface area contributed by atoms with Crippen LogP contribution in [0.1, 0.15) is 18.1 Å². The second kappa shape index (κ2) is 8.63. The van der Waals surface area contributed by atoms with Crippen LogP contribution < -0.4 is 0 Å². The molecule has 0 aliphatic carbocycles. The van der Waals surface area contributed by atoms with Crippen molar-refractivity contribution >= 4 is 21.4 Å². The standard InChI is InChI=1S/C21H22O4S/c1-4-25-21(22)15-14-20(17(3)18-8-6-5-7-9-18)26(23,24)19-12-10-16(2)11-13-19/h5-15,20H,3-4H2,1-2H3/b15-14+. The number of carbonyl (C=O) groups excluding carboxylic acids is 1. The van der Waals surface area contributed by atoms with E-state index in [4.69, 9.17) is 4.74 Å². The number of aryl methyl sites for hydroxylation is 1. The van der Waals surface area contributed by atoms with Crippen molar-refractivity contribution in [3.63, 3.8) is 0 Å². The maximum atomic E-state index is 13.2. The van der Waals surface area contributed by atoms with Crippen LogP contribution in [0.3, 0.4) is 0 Å². The summed E-state index contributed by atoms with van der Waals surface area (Å²) >= 11 is 0. The van der Waals surface area contributed by atoms with Crippen molar-refractivity contribution in [2.24, 2.45) is 0 Å². The van der Waals surface area contributed by atoms with Crippen molar-refractivity contribution in [2.45, 2.75) is 24.0 Å². The van der Waals surface area contributed by atoms with E-state index in [9.17, 15) is 13.2 Å². The van der Waals surface area contributed by atoms with Gasteiger partial charge in [0.25, 0.3) is 0 Å². The van der Waals surface area contributed by atoms with Crippen LogP contribution in [-0.4, -0.2) is 26.2 Å². The highest BCUT2D eigenvalue weighted by Gasteiger charge is 2.28. The molecule has 0 saturated heterocycles. The predicted octanol–water partition coefficient (Wildman–Crippen LogP) is 3.97. The van der Waals surface area contributed by atoms with Gasteiger partial charge < -0.3 is 4.74 Å². The van der Waals surface area contributed by atoms with E-state index < -0.39 is 21.1 Å². The van der Waals surface area contributed by atoms with Crippen LogP contribution >= 0.6 is 0 Å². The lowest BCUT2D eigenvalue weighted by molar-refractivity contribution is -0.137. The van der Waals surface area contributed by atoms with Crippen LogP contribution in [0.2, 0.25) is 0 Å². The Bertz CT molecular complexity index is 895. The maximum Gasteiger partial charge on any atom is 0.330 e. The fraction of sp³-hybridized carbons (Fsp3) is 0.190. The van der Waals surface area contributed by atoms with E-state index in [1.165, 1.54) is 6.08 Å². The summed E-state index contributed by atoms with van der Waals surface area (Å²) in [5.74, 6) is -0.586. The van der Waals surface area contributed by atoms with Gasteiger partial charge in [0, 0.05) is 6.08 Å². The first-order valence-electron chi connectivity index (χ1n) is 8.26. The molecule has 0 N–H and O–H groups in total. The molecule has 0 fully saturated rings. The Balaban J connectivity index is 2.47. The number of rotatable bonds is 7. The van der Waals surface area contributed by atoms with Gasteiger partial charge in [-0.2, -0.15) is 0 Å². The van der Waals surface area contributed by atoms with Crippen LogP contribution in [0.25, 0.3) is 5.57 Å². The fourth-order valence-electron chi connectivity index (χ4n) is 2.45. The van der Waals surface area contributed by atoms with E-state index in [2.05, 4.69) is 6.58 Å². The zero-order valence-electron chi connectivity index (χ0n) is 14.9. The summed E-state index contributed by atoms with van der Waals surface area (Å²) in [6, 6.07) is 15.7. The van der Waals surface area contributed by atoms with E-state index in [0.29, 0.717) is 11.1 Å². The Kier molecular flexibility index (Phi) is 6.52. The highest BCUT2D eigenvalue weighted by atomic mass is 32.2. The lowest BCUT2D eigenvalue weighted by Crippen LogP contribution is -2.21. The quantitative estimate of drug-likeness (QED) is 0.546. The molecule has 2 aromatic rings. The molecule has 26 heavy (non-hydrogen) atoms. The number of sulfone groups is 1. The van der Waals surface area contributed by atoms with E-state index in [-0.39, 0.29) is 11.5 Å².